The van der Waals surface area contributed by atoms with Crippen LogP contribution in [0.25, 0.3) is 33.5 Å². The Hall–Kier alpha value is -5.16. The van der Waals surface area contributed by atoms with E-state index in [1.807, 2.05) is 67.3 Å². The molecule has 0 bridgehead atoms. The van der Waals surface area contributed by atoms with E-state index in [2.05, 4.69) is 52.4 Å². The van der Waals surface area contributed by atoms with Crippen LogP contribution in [0, 0.1) is 12.3 Å². The highest BCUT2D eigenvalue weighted by Gasteiger charge is 2.41. The maximum Gasteiger partial charge on any atom is 0.236 e. The molecule has 2 aliphatic rings. The molecule has 0 spiro atoms. The number of anilines is 2. The highest BCUT2D eigenvalue weighted by molar-refractivity contribution is 6.00. The van der Waals surface area contributed by atoms with Gasteiger partial charge in [0.05, 0.1) is 17.5 Å². The first-order valence-corrected chi connectivity index (χ1v) is 15.7. The summed E-state index contributed by atoms with van der Waals surface area (Å²) in [6, 6.07) is 19.8. The van der Waals surface area contributed by atoms with Crippen molar-refractivity contribution in [3.63, 3.8) is 0 Å². The number of aryl methyl sites for hydroxylation is 1. The molecule has 2 aromatic carbocycles. The molecule has 2 N–H and O–H groups in total. The number of piperazine rings is 1. The van der Waals surface area contributed by atoms with Gasteiger partial charge in [-0.15, -0.1) is 0 Å². The van der Waals surface area contributed by atoms with Gasteiger partial charge < -0.3 is 15.1 Å². The zero-order valence-electron chi connectivity index (χ0n) is 26.1. The van der Waals surface area contributed by atoms with E-state index >= 15 is 0 Å². The van der Waals surface area contributed by atoms with E-state index in [1.54, 1.807) is 18.6 Å². The van der Waals surface area contributed by atoms with Crippen molar-refractivity contribution in [3.05, 3.63) is 84.9 Å². The van der Waals surface area contributed by atoms with Crippen LogP contribution in [-0.4, -0.2) is 92.6 Å². The van der Waals surface area contributed by atoms with Crippen LogP contribution in [-0.2, 0) is 9.59 Å². The topological polar surface area (TPSA) is 123 Å². The summed E-state index contributed by atoms with van der Waals surface area (Å²) >= 11 is 0. The lowest BCUT2D eigenvalue weighted by molar-refractivity contribution is -0.133. The largest absolute Gasteiger partial charge is 0.368 e. The van der Waals surface area contributed by atoms with Gasteiger partial charge in [0.15, 0.2) is 5.82 Å². The van der Waals surface area contributed by atoms with Gasteiger partial charge in [0.1, 0.15) is 5.69 Å². The molecule has 5 aromatic rings. The number of hydrogen-bond acceptors (Lipinski definition) is 8. The van der Waals surface area contributed by atoms with Gasteiger partial charge in [-0.2, -0.15) is 5.10 Å². The van der Waals surface area contributed by atoms with Gasteiger partial charge in [-0.05, 0) is 87.5 Å². The van der Waals surface area contributed by atoms with Crippen molar-refractivity contribution in [1.82, 2.24) is 34.9 Å². The molecule has 46 heavy (non-hydrogen) atoms. The summed E-state index contributed by atoms with van der Waals surface area (Å²) in [5.74, 6) is 0.788. The van der Waals surface area contributed by atoms with E-state index in [0.717, 1.165) is 57.9 Å². The van der Waals surface area contributed by atoms with Crippen molar-refractivity contribution in [1.29, 1.82) is 0 Å². The van der Waals surface area contributed by atoms with Crippen LogP contribution >= 0.6 is 0 Å². The lowest BCUT2D eigenvalue weighted by Crippen LogP contribution is -2.51. The monoisotopic (exact) mass is 615 g/mol. The molecule has 2 fully saturated rings. The number of amides is 2. The normalized spacial score (nSPS) is 18.7. The Kier molecular flexibility index (Phi) is 7.91. The van der Waals surface area contributed by atoms with E-state index in [4.69, 9.17) is 0 Å². The second kappa shape index (κ2) is 12.3. The van der Waals surface area contributed by atoms with Crippen molar-refractivity contribution in [2.24, 2.45) is 5.41 Å². The quantitative estimate of drug-likeness (QED) is 0.277. The Morgan fingerprint density at radius 3 is 2.43 bits per heavy atom. The van der Waals surface area contributed by atoms with Gasteiger partial charge in [-0.3, -0.25) is 24.6 Å². The lowest BCUT2D eigenvalue weighted by Gasteiger charge is -2.37. The van der Waals surface area contributed by atoms with Crippen LogP contribution in [0.2, 0.25) is 0 Å². The Labute approximate surface area is 267 Å². The average molecular weight is 616 g/mol. The third-order valence-corrected chi connectivity index (χ3v) is 9.14. The first-order chi connectivity index (χ1) is 22.3. The predicted molar refractivity (Wildman–Crippen MR) is 178 cm³/mol. The third-order valence-electron chi connectivity index (χ3n) is 9.14. The van der Waals surface area contributed by atoms with Crippen LogP contribution in [0.4, 0.5) is 11.4 Å². The summed E-state index contributed by atoms with van der Waals surface area (Å²) in [7, 11) is 0. The average Bonchev–Trinajstić information content (AvgIpc) is 3.69. The Morgan fingerprint density at radius 1 is 0.891 bits per heavy atom. The zero-order valence-corrected chi connectivity index (χ0v) is 26.1. The minimum atomic E-state index is -0.591. The van der Waals surface area contributed by atoms with Crippen molar-refractivity contribution in [2.45, 2.75) is 20.3 Å². The van der Waals surface area contributed by atoms with Gasteiger partial charge in [0.25, 0.3) is 0 Å². The molecule has 7 rings (SSSR count). The highest BCUT2D eigenvalue weighted by atomic mass is 16.2. The minimum Gasteiger partial charge on any atom is -0.368 e. The van der Waals surface area contributed by atoms with E-state index in [9.17, 15) is 9.59 Å². The first kappa shape index (κ1) is 29.5. The summed E-state index contributed by atoms with van der Waals surface area (Å²) in [6.45, 7) is 8.40. The number of likely N-dealkylation sites (tertiary alicyclic amines) is 1. The molecule has 0 aliphatic carbocycles. The van der Waals surface area contributed by atoms with Crippen LogP contribution in [0.5, 0.6) is 0 Å². The summed E-state index contributed by atoms with van der Waals surface area (Å²) in [6.07, 6.45) is 5.96. The number of carbonyl (C=O) groups is 2. The molecule has 1 unspecified atom stereocenters. The van der Waals surface area contributed by atoms with Crippen LogP contribution in [0.3, 0.4) is 0 Å². The van der Waals surface area contributed by atoms with Crippen molar-refractivity contribution in [2.75, 3.05) is 56.0 Å². The molecule has 11 nitrogen and oxygen atoms in total. The number of nitrogens with one attached hydrogen (secondary N) is 2. The van der Waals surface area contributed by atoms with Gasteiger partial charge in [0.2, 0.25) is 11.8 Å². The smallest absolute Gasteiger partial charge is 0.236 e. The summed E-state index contributed by atoms with van der Waals surface area (Å²) in [5, 5.41) is 11.7. The third kappa shape index (κ3) is 6.05. The number of carbonyl (C=O) groups excluding carboxylic acids is 2. The van der Waals surface area contributed by atoms with E-state index in [0.29, 0.717) is 45.0 Å². The molecule has 2 aliphatic heterocycles. The van der Waals surface area contributed by atoms with Crippen LogP contribution < -0.4 is 10.2 Å². The molecule has 1 atom stereocenters. The number of fused-ring (bicyclic) bond motifs is 1. The van der Waals surface area contributed by atoms with E-state index in [1.165, 1.54) is 0 Å². The molecule has 5 heterocycles. The number of rotatable bonds is 7. The Balaban J connectivity index is 0.923. The maximum absolute atomic E-state index is 13.5. The number of H-pyrrole nitrogens is 1. The van der Waals surface area contributed by atoms with Crippen molar-refractivity contribution < 1.29 is 9.59 Å². The molecule has 2 amide bonds. The first-order valence-electron chi connectivity index (χ1n) is 15.7. The Morgan fingerprint density at radius 2 is 1.67 bits per heavy atom. The number of pyridine rings is 1. The molecule has 3 aromatic heterocycles. The predicted octanol–water partition coefficient (Wildman–Crippen LogP) is 4.39. The van der Waals surface area contributed by atoms with Gasteiger partial charge in [-0.25, -0.2) is 9.97 Å². The fourth-order valence-electron chi connectivity index (χ4n) is 6.44. The fourth-order valence-corrected chi connectivity index (χ4v) is 6.44. The summed E-state index contributed by atoms with van der Waals surface area (Å²) < 4.78 is 0. The van der Waals surface area contributed by atoms with Gasteiger partial charge >= 0.3 is 0 Å². The second-order valence-electron chi connectivity index (χ2n) is 12.5. The molecule has 0 saturated carbocycles. The maximum atomic E-state index is 13.5. The van der Waals surface area contributed by atoms with Crippen LogP contribution in [0.15, 0.2) is 79.3 Å². The number of aromatic amines is 1. The number of aromatic nitrogens is 5. The number of hydrogen-bond donors (Lipinski definition) is 2. The summed E-state index contributed by atoms with van der Waals surface area (Å²) in [5.41, 5.74) is 5.85. The highest BCUT2D eigenvalue weighted by Crippen LogP contribution is 2.33. The molecule has 0 radical (unpaired) electrons. The second-order valence-corrected chi connectivity index (χ2v) is 12.5. The molecule has 234 valence electrons. The van der Waals surface area contributed by atoms with Gasteiger partial charge in [-0.1, -0.05) is 0 Å². The molecule has 11 heteroatoms. The molecular weight excluding hydrogens is 578 g/mol. The molecule has 2 saturated heterocycles. The van der Waals surface area contributed by atoms with Crippen molar-refractivity contribution >= 4 is 34.1 Å². The standard InChI is InChI=1S/C35H37N9O2/c1-24-20-26(10-14-36-24)32-29-21-27(6-9-30(29)40-41-32)39-34(46)35(2)11-15-42(23-35)22-31(45)44-18-16-43(17-19-44)28-7-4-25(5-8-28)33-37-12-3-13-38-33/h3-10,12-14,20-21H,11,15-19,22-23H2,1-2H3,(H,39,46)(H,40,41). The number of nitrogens with zero attached hydrogens (tertiary/aromatic N) is 7. The van der Waals surface area contributed by atoms with Gasteiger partial charge in [0, 0.05) is 84.9 Å². The van der Waals surface area contributed by atoms with E-state index in [-0.39, 0.29) is 11.8 Å². The van der Waals surface area contributed by atoms with Crippen molar-refractivity contribution in [3.8, 4) is 22.6 Å². The number of benzene rings is 2. The SMILES string of the molecule is Cc1cc(-c2n[nH]c3ccc(NC(=O)C4(C)CCN(CC(=O)N5CCN(c6ccc(-c7ncccn7)cc6)CC5)C4)cc23)ccn1. The molecular formula is C35H37N9O2. The summed E-state index contributed by atoms with van der Waals surface area (Å²) in [4.78, 5) is 46.1. The Bertz CT molecular complexity index is 1870. The van der Waals surface area contributed by atoms with E-state index < -0.39 is 5.41 Å². The van der Waals surface area contributed by atoms with Crippen LogP contribution in [0.1, 0.15) is 19.0 Å². The zero-order chi connectivity index (χ0) is 31.7. The minimum absolute atomic E-state index is 0.0370. The fraction of sp³-hybridized carbons (Fsp3) is 0.314. The lowest BCUT2D eigenvalue weighted by atomic mass is 9.88.